The van der Waals surface area contributed by atoms with E-state index >= 15 is 0 Å². The Bertz CT molecular complexity index is 2050. The minimum absolute atomic E-state index is 0.0331. The van der Waals surface area contributed by atoms with Crippen LogP contribution < -0.4 is 9.80 Å². The molecule has 1 saturated carbocycles. The van der Waals surface area contributed by atoms with Crippen molar-refractivity contribution in [2.75, 3.05) is 78.3 Å². The number of carbonyl (C=O) groups excluding carboxylic acids is 1. The molecule has 2 heterocycles. The highest BCUT2D eigenvalue weighted by Gasteiger charge is 2.42. The lowest BCUT2D eigenvalue weighted by atomic mass is 9.82. The van der Waals surface area contributed by atoms with Crippen LogP contribution >= 0.6 is 0 Å². The topological polar surface area (TPSA) is 138 Å². The fourth-order valence-corrected chi connectivity index (χ4v) is 9.08. The average Bonchev–Trinajstić information content (AvgIpc) is 3.39. The highest BCUT2D eigenvalue weighted by atomic mass is 32.2. The van der Waals surface area contributed by atoms with Crippen molar-refractivity contribution >= 4 is 37.4 Å². The van der Waals surface area contributed by atoms with Gasteiger partial charge in [-0.25, -0.2) is 16.8 Å². The highest BCUT2D eigenvalue weighted by Crippen LogP contribution is 2.50. The van der Waals surface area contributed by atoms with Crippen LogP contribution in [0.25, 0.3) is 0 Å². The molecule has 5 rings (SSSR count). The van der Waals surface area contributed by atoms with Gasteiger partial charge in [0.1, 0.15) is 20.2 Å². The SMILES string of the molecule is CC1(C)/C(=C\C=C2/CCC/C(=C\C=C3\N(CCC[N+](C)(C)C)c4ccc(S(=O)(=O)[O-])cc4C3(C)C)C2=O)N(CCC[N+](C)(C)C)c2ccc(S(=O)(=O)[O-])cc21. The fraction of sp³-hybridized carbons (Fsp3) is 0.500. The van der Waals surface area contributed by atoms with E-state index in [1.165, 1.54) is 24.3 Å². The van der Waals surface area contributed by atoms with Crippen LogP contribution in [0.2, 0.25) is 0 Å². The number of Topliss-reactive ketones (excluding diaryl/α,β-unsaturated/α-hetero) is 1. The summed E-state index contributed by atoms with van der Waals surface area (Å²) in [5, 5.41) is 0. The van der Waals surface area contributed by atoms with Gasteiger partial charge in [-0.3, -0.25) is 4.79 Å². The van der Waals surface area contributed by atoms with Crippen LogP contribution in [0.1, 0.15) is 70.9 Å². The third-order valence-corrected chi connectivity index (χ3v) is 12.7. The maximum absolute atomic E-state index is 14.1. The van der Waals surface area contributed by atoms with Crippen LogP contribution in [-0.4, -0.2) is 109 Å². The molecule has 13 heteroatoms. The van der Waals surface area contributed by atoms with Crippen LogP contribution in [-0.2, 0) is 35.9 Å². The number of quaternary nitrogens is 2. The van der Waals surface area contributed by atoms with Gasteiger partial charge in [0.2, 0.25) is 0 Å². The van der Waals surface area contributed by atoms with E-state index in [4.69, 9.17) is 0 Å². The summed E-state index contributed by atoms with van der Waals surface area (Å²) in [5.41, 5.74) is 5.19. The largest absolute Gasteiger partial charge is 0.744 e. The molecule has 2 aromatic carbocycles. The van der Waals surface area contributed by atoms with Crippen molar-refractivity contribution in [3.8, 4) is 0 Å². The van der Waals surface area contributed by atoms with Crippen molar-refractivity contribution < 1.29 is 39.7 Å². The van der Waals surface area contributed by atoms with Gasteiger partial charge in [-0.05, 0) is 90.1 Å². The number of allylic oxidation sites excluding steroid dienone is 8. The molecule has 0 bridgehead atoms. The van der Waals surface area contributed by atoms with Crippen LogP contribution in [0.3, 0.4) is 0 Å². The van der Waals surface area contributed by atoms with Crippen molar-refractivity contribution in [2.24, 2.45) is 0 Å². The average molecular weight is 795 g/mol. The number of hydrogen-bond donors (Lipinski definition) is 0. The number of benzene rings is 2. The zero-order valence-electron chi connectivity index (χ0n) is 34.1. The molecule has 0 spiro atoms. The minimum atomic E-state index is -4.64. The van der Waals surface area contributed by atoms with Crippen molar-refractivity contribution in [2.45, 2.75) is 80.4 Å². The van der Waals surface area contributed by atoms with Gasteiger partial charge < -0.3 is 27.9 Å². The second-order valence-corrected chi connectivity index (χ2v) is 21.0. The van der Waals surface area contributed by atoms with Gasteiger partial charge in [0.05, 0.1) is 65.2 Å². The van der Waals surface area contributed by atoms with E-state index < -0.39 is 31.1 Å². The van der Waals surface area contributed by atoms with E-state index in [1.54, 1.807) is 12.1 Å². The van der Waals surface area contributed by atoms with Crippen molar-refractivity contribution in [3.05, 3.63) is 94.4 Å². The Balaban J connectivity index is 1.50. The Labute approximate surface area is 329 Å². The molecule has 0 radical (unpaired) electrons. The quantitative estimate of drug-likeness (QED) is 0.145. The summed E-state index contributed by atoms with van der Waals surface area (Å²) in [7, 11) is 3.53. The molecule has 55 heavy (non-hydrogen) atoms. The molecule has 0 unspecified atom stereocenters. The monoisotopic (exact) mass is 794 g/mol. The highest BCUT2D eigenvalue weighted by molar-refractivity contribution is 7.86. The number of carbonyl (C=O) groups is 1. The number of fused-ring (bicyclic) bond motifs is 2. The molecular formula is C42H58N4O7S2. The van der Waals surface area contributed by atoms with Gasteiger partial charge in [-0.2, -0.15) is 0 Å². The van der Waals surface area contributed by atoms with Crippen LogP contribution in [0.4, 0.5) is 11.4 Å². The maximum atomic E-state index is 14.1. The van der Waals surface area contributed by atoms with Gasteiger partial charge in [0.25, 0.3) is 0 Å². The van der Waals surface area contributed by atoms with E-state index in [0.717, 1.165) is 75.2 Å². The van der Waals surface area contributed by atoms with Gasteiger partial charge in [-0.1, -0.05) is 39.8 Å². The summed E-state index contributed by atoms with van der Waals surface area (Å²) in [5.74, 6) is -0.0331. The molecule has 0 atom stereocenters. The summed E-state index contributed by atoms with van der Waals surface area (Å²) in [6.45, 7) is 11.3. The van der Waals surface area contributed by atoms with E-state index in [9.17, 15) is 30.7 Å². The smallest absolute Gasteiger partial charge is 0.184 e. The summed E-state index contributed by atoms with van der Waals surface area (Å²) in [6, 6.07) is 9.18. The van der Waals surface area contributed by atoms with Crippen molar-refractivity contribution in [1.29, 1.82) is 0 Å². The van der Waals surface area contributed by atoms with Crippen LogP contribution in [0.5, 0.6) is 0 Å². The molecule has 0 N–H and O–H groups in total. The Morgan fingerprint density at radius 1 is 0.636 bits per heavy atom. The van der Waals surface area contributed by atoms with Crippen molar-refractivity contribution in [3.63, 3.8) is 0 Å². The Morgan fingerprint density at radius 2 is 1.00 bits per heavy atom. The molecule has 0 aromatic heterocycles. The first-order chi connectivity index (χ1) is 25.2. The van der Waals surface area contributed by atoms with E-state index in [1.807, 2.05) is 52.0 Å². The molecule has 2 aromatic rings. The second kappa shape index (κ2) is 15.1. The molecule has 1 fully saturated rings. The standard InChI is InChI=1S/C42H58N4O7S2/c1-41(2)34-28-32(54(48,49)50)18-20-36(34)43(24-12-26-45(5,6)7)38(41)22-16-30-14-11-15-31(40(30)47)17-23-39-42(3,4)35-29-33(55(51,52)53)19-21-37(35)44(39)25-13-27-46(8,9)10/h16-23,28-29H,11-15,24-27H2,1-10H3/b30-16+,31-17+,38-22+,39-23+. The first-order valence-electron chi connectivity index (χ1n) is 19.0. The third kappa shape index (κ3) is 9.35. The summed E-state index contributed by atoms with van der Waals surface area (Å²) in [6.07, 6.45) is 11.5. The fourth-order valence-electron chi connectivity index (χ4n) is 8.09. The summed E-state index contributed by atoms with van der Waals surface area (Å²) < 4.78 is 73.5. The van der Waals surface area contributed by atoms with E-state index in [-0.39, 0.29) is 15.6 Å². The van der Waals surface area contributed by atoms with Gasteiger partial charge in [0.15, 0.2) is 5.78 Å². The lowest BCUT2D eigenvalue weighted by Gasteiger charge is -2.29. The molecule has 0 amide bonds. The molecule has 11 nitrogen and oxygen atoms in total. The third-order valence-electron chi connectivity index (χ3n) is 11.1. The molecule has 0 saturated heterocycles. The second-order valence-electron chi connectivity index (χ2n) is 18.2. The Kier molecular flexibility index (Phi) is 11.6. The molecular weight excluding hydrogens is 737 g/mol. The number of ketones is 1. The molecule has 3 aliphatic rings. The number of rotatable bonds is 12. The van der Waals surface area contributed by atoms with Gasteiger partial charge in [-0.15, -0.1) is 0 Å². The first-order valence-corrected chi connectivity index (χ1v) is 21.8. The Morgan fingerprint density at radius 3 is 1.33 bits per heavy atom. The summed E-state index contributed by atoms with van der Waals surface area (Å²) >= 11 is 0. The Hall–Kier alpha value is -3.59. The number of hydrogen-bond acceptors (Lipinski definition) is 9. The molecule has 1 aliphatic carbocycles. The summed E-state index contributed by atoms with van der Waals surface area (Å²) in [4.78, 5) is 18.0. The van der Waals surface area contributed by atoms with Crippen LogP contribution in [0, 0.1) is 0 Å². The zero-order valence-corrected chi connectivity index (χ0v) is 35.7. The normalized spacial score (nSPS) is 21.6. The lowest BCUT2D eigenvalue weighted by molar-refractivity contribution is -0.870. The number of nitrogens with zero attached hydrogens (tertiary/aromatic N) is 4. The zero-order chi connectivity index (χ0) is 40.9. The van der Waals surface area contributed by atoms with Gasteiger partial charge in [0, 0.05) is 59.5 Å². The van der Waals surface area contributed by atoms with Crippen LogP contribution in [0.15, 0.2) is 93.0 Å². The first kappa shape index (κ1) is 42.6. The lowest BCUT2D eigenvalue weighted by Crippen LogP contribution is -2.37. The van der Waals surface area contributed by atoms with Crippen molar-refractivity contribution in [1.82, 2.24) is 0 Å². The maximum Gasteiger partial charge on any atom is 0.184 e. The predicted molar refractivity (Wildman–Crippen MR) is 216 cm³/mol. The number of anilines is 2. The van der Waals surface area contributed by atoms with E-state index in [0.29, 0.717) is 37.1 Å². The van der Waals surface area contributed by atoms with E-state index in [2.05, 4.69) is 52.1 Å². The molecule has 2 aliphatic heterocycles. The minimum Gasteiger partial charge on any atom is -0.744 e. The molecule has 300 valence electrons. The predicted octanol–water partition coefficient (Wildman–Crippen LogP) is 5.96. The van der Waals surface area contributed by atoms with Gasteiger partial charge >= 0.3 is 0 Å².